The molecule has 0 bridgehead atoms. The minimum absolute atomic E-state index is 0. The predicted octanol–water partition coefficient (Wildman–Crippen LogP) is -3.47. The molecule has 32 valence electrons. The molecule has 0 aliphatic rings. The van der Waals surface area contributed by atoms with Gasteiger partial charge in [0.05, 0.1) is 0 Å². The fourth-order valence-corrected chi connectivity index (χ4v) is 0. The van der Waals surface area contributed by atoms with Crippen LogP contribution in [-0.2, 0) is 42.0 Å². The van der Waals surface area contributed by atoms with Gasteiger partial charge in [-0.05, 0) is 0 Å². The molecule has 0 heterocycles. The minimum atomic E-state index is 0. The molecule has 0 spiro atoms. The first-order valence-corrected chi connectivity index (χ1v) is 0. The van der Waals surface area contributed by atoms with E-state index in [4.69, 9.17) is 0 Å². The zero-order valence-corrected chi connectivity index (χ0v) is 9.79. The van der Waals surface area contributed by atoms with Gasteiger partial charge in [0.15, 0.2) is 0 Å². The molecular weight excluding hydrogens is 247 g/mol. The van der Waals surface area contributed by atoms with Crippen LogP contribution < -0.4 is 58.2 Å². The van der Waals surface area contributed by atoms with Crippen molar-refractivity contribution in [3.05, 3.63) is 0 Å². The Balaban J connectivity index is 0. The molecule has 0 N–H and O–H groups in total. The molecule has 0 aliphatic heterocycles. The van der Waals surface area contributed by atoms with Gasteiger partial charge in [0, 0.05) is 0 Å². The average Bonchev–Trinajstić information content (AvgIpc) is 0. The molecule has 0 rings (SSSR count). The second kappa shape index (κ2) is 54.9. The maximum atomic E-state index is 0. The standard InChI is InChI=1S/4O.Rb.Tc/q4*-2;+1;+7. The van der Waals surface area contributed by atoms with Gasteiger partial charge in [0.25, 0.3) is 0 Å². The quantitative estimate of drug-likeness (QED) is 0.423. The van der Waals surface area contributed by atoms with Crippen molar-refractivity contribution in [1.29, 1.82) is 0 Å². The van der Waals surface area contributed by atoms with Crippen molar-refractivity contribution in [1.82, 2.24) is 0 Å². The number of rotatable bonds is 0. The van der Waals surface area contributed by atoms with Crippen LogP contribution in [0.5, 0.6) is 0 Å². The van der Waals surface area contributed by atoms with Crippen molar-refractivity contribution in [3.8, 4) is 0 Å². The van der Waals surface area contributed by atoms with E-state index in [2.05, 4.69) is 0 Å². The van der Waals surface area contributed by atoms with Crippen LogP contribution >= 0.6 is 0 Å². The van der Waals surface area contributed by atoms with Crippen molar-refractivity contribution in [2.75, 3.05) is 0 Å². The van der Waals surface area contributed by atoms with Gasteiger partial charge in [-0.3, -0.25) is 0 Å². The van der Waals surface area contributed by atoms with Crippen molar-refractivity contribution in [2.45, 2.75) is 0 Å². The maximum absolute atomic E-state index is 0. The van der Waals surface area contributed by atoms with E-state index in [9.17, 15) is 0 Å². The Hall–Kier alpha value is 2.29. The number of hydrogen-bond acceptors (Lipinski definition) is 0. The van der Waals surface area contributed by atoms with E-state index in [0.29, 0.717) is 0 Å². The fourth-order valence-electron chi connectivity index (χ4n) is 0. The Morgan fingerprint density at radius 3 is 0.500 bits per heavy atom. The fraction of sp³-hybridized carbons (Fsp3) is 0. The van der Waals surface area contributed by atoms with Gasteiger partial charge >= 0.3 is 78.3 Å². The van der Waals surface area contributed by atoms with Crippen LogP contribution in [0.15, 0.2) is 0 Å². The largest absolute Gasteiger partial charge is 7.00 e. The molecule has 0 aliphatic carbocycles. The summed E-state index contributed by atoms with van der Waals surface area (Å²) in [6.45, 7) is 0. The van der Waals surface area contributed by atoms with Crippen LogP contribution in [0.2, 0.25) is 0 Å². The van der Waals surface area contributed by atoms with E-state index < -0.39 is 0 Å². The third kappa shape index (κ3) is 33.5. The first kappa shape index (κ1) is 83.8. The normalized spacial score (nSPS) is 0. The summed E-state index contributed by atoms with van der Waals surface area (Å²) in [7, 11) is 0. The van der Waals surface area contributed by atoms with Gasteiger partial charge in [0.2, 0.25) is 0 Å². The van der Waals surface area contributed by atoms with E-state index >= 15 is 0 Å². The van der Waals surface area contributed by atoms with Gasteiger partial charge in [0.1, 0.15) is 0 Å². The smallest absolute Gasteiger partial charge is 2.00 e. The van der Waals surface area contributed by atoms with E-state index in [-0.39, 0.29) is 100 Å². The minimum Gasteiger partial charge on any atom is -2.00 e. The topological polar surface area (TPSA) is 114 Å². The Morgan fingerprint density at radius 1 is 0.500 bits per heavy atom. The predicted molar refractivity (Wildman–Crippen MR) is 2.75 cm³/mol. The zero-order chi connectivity index (χ0) is 0. The van der Waals surface area contributed by atoms with Crippen LogP contribution in [0, 0.1) is 0 Å². The number of hydrogen-bond donors (Lipinski definition) is 0. The van der Waals surface area contributed by atoms with Gasteiger partial charge in [-0.25, -0.2) is 0 Å². The summed E-state index contributed by atoms with van der Waals surface area (Å²) in [4.78, 5) is 0. The van der Waals surface area contributed by atoms with Crippen molar-refractivity contribution in [3.63, 3.8) is 0 Å². The van der Waals surface area contributed by atoms with E-state index in [0.717, 1.165) is 0 Å². The SMILES string of the molecule is [O-2].[O-2].[O-2].[O-2].[Rb+].[Tc+7]. The Bertz CT molecular complexity index is 7.51. The second-order valence-corrected chi connectivity index (χ2v) is 0. The van der Waals surface area contributed by atoms with Crippen LogP contribution in [0.1, 0.15) is 0 Å². The van der Waals surface area contributed by atoms with Gasteiger partial charge in [-0.2, -0.15) is 0 Å². The second-order valence-electron chi connectivity index (χ2n) is 0. The monoisotopic (exact) mass is 246 g/mol. The summed E-state index contributed by atoms with van der Waals surface area (Å²) in [6.07, 6.45) is 0. The van der Waals surface area contributed by atoms with E-state index in [1.54, 1.807) is 0 Å². The summed E-state index contributed by atoms with van der Waals surface area (Å²) in [5.74, 6) is 0. The molecule has 0 aromatic rings. The molecule has 0 saturated carbocycles. The summed E-state index contributed by atoms with van der Waals surface area (Å²) >= 11 is 0. The molecule has 0 atom stereocenters. The average molecular weight is 247 g/mol. The molecule has 0 unspecified atom stereocenters. The van der Waals surface area contributed by atoms with E-state index in [1.165, 1.54) is 0 Å². The maximum Gasteiger partial charge on any atom is 7.00 e. The van der Waals surface area contributed by atoms with Crippen molar-refractivity contribution >= 4 is 0 Å². The van der Waals surface area contributed by atoms with E-state index in [1.807, 2.05) is 0 Å². The molecule has 0 fully saturated rings. The zero-order valence-electron chi connectivity index (χ0n) is 3.01. The summed E-state index contributed by atoms with van der Waals surface area (Å²) < 4.78 is 0. The first-order chi connectivity index (χ1) is 0. The van der Waals surface area contributed by atoms with Crippen LogP contribution in [-0.4, -0.2) is 0 Å². The third-order valence-electron chi connectivity index (χ3n) is 0. The summed E-state index contributed by atoms with van der Waals surface area (Å²) in [5, 5.41) is 0. The molecule has 0 aromatic carbocycles. The molecule has 0 radical (unpaired) electrons. The Kier molecular flexibility index (Phi) is 767. The molecular formula is O4RbTc. The Morgan fingerprint density at radius 2 is 0.500 bits per heavy atom. The first-order valence-electron chi connectivity index (χ1n) is 0. The van der Waals surface area contributed by atoms with Crippen LogP contribution in [0.4, 0.5) is 0 Å². The molecule has 0 amide bonds. The molecule has 0 saturated heterocycles. The molecule has 0 aromatic heterocycles. The molecule has 6 heavy (non-hydrogen) atoms. The third-order valence-corrected chi connectivity index (χ3v) is 0. The van der Waals surface area contributed by atoms with Crippen molar-refractivity contribution in [2.24, 2.45) is 0 Å². The van der Waals surface area contributed by atoms with Gasteiger partial charge < -0.3 is 21.9 Å². The van der Waals surface area contributed by atoms with Gasteiger partial charge in [-0.1, -0.05) is 0 Å². The molecule has 6 heteroatoms. The van der Waals surface area contributed by atoms with Gasteiger partial charge in [-0.15, -0.1) is 0 Å². The van der Waals surface area contributed by atoms with Crippen LogP contribution in [0.25, 0.3) is 0 Å². The Labute approximate surface area is 98.1 Å². The molecule has 4 nitrogen and oxygen atoms in total. The summed E-state index contributed by atoms with van der Waals surface area (Å²) in [5.41, 5.74) is 0. The summed E-state index contributed by atoms with van der Waals surface area (Å²) in [6, 6.07) is 0. The van der Waals surface area contributed by atoms with Crippen LogP contribution in [0.3, 0.4) is 0 Å². The van der Waals surface area contributed by atoms with Crippen molar-refractivity contribution < 1.29 is 100 Å².